The van der Waals surface area contributed by atoms with Gasteiger partial charge in [-0.05, 0) is 24.3 Å². The molecule has 0 saturated carbocycles. The highest BCUT2D eigenvalue weighted by Gasteiger charge is 2.18. The van der Waals surface area contributed by atoms with Crippen molar-refractivity contribution in [3.63, 3.8) is 0 Å². The number of hydrogen-bond donors (Lipinski definition) is 3. The lowest BCUT2D eigenvalue weighted by Crippen LogP contribution is -2.46. The fraction of sp³-hybridized carbons (Fsp3) is 0.286. The lowest BCUT2D eigenvalue weighted by molar-refractivity contribution is 0.0904. The van der Waals surface area contributed by atoms with Crippen LogP contribution < -0.4 is 20.9 Å². The second-order valence-corrected chi connectivity index (χ2v) is 8.38. The van der Waals surface area contributed by atoms with Crippen molar-refractivity contribution in [3.8, 4) is 5.75 Å². The van der Waals surface area contributed by atoms with Crippen LogP contribution in [-0.4, -0.2) is 16.9 Å². The Morgan fingerprint density at radius 2 is 1.87 bits per heavy atom. The smallest absolute Gasteiger partial charge is 0.333 e. The number of nitrogens with one attached hydrogen (secondary N) is 3. The van der Waals surface area contributed by atoms with Crippen LogP contribution in [0, 0.1) is 0 Å². The zero-order valence-electron chi connectivity index (χ0n) is 17.0. The number of benzene rings is 1. The molecule has 0 aliphatic carbocycles. The molecular weight excluding hydrogens is 404 g/mol. The molecule has 0 saturated heterocycles. The summed E-state index contributed by atoms with van der Waals surface area (Å²) in [5, 5.41) is 5.55. The van der Waals surface area contributed by atoms with Crippen LogP contribution in [0.25, 0.3) is 0 Å². The first kappa shape index (κ1) is 21.4. The Morgan fingerprint density at radius 3 is 2.57 bits per heavy atom. The minimum atomic E-state index is -0.570. The Bertz CT molecular complexity index is 992. The van der Waals surface area contributed by atoms with Crippen LogP contribution >= 0.6 is 11.3 Å². The molecule has 0 spiro atoms. The second-order valence-electron chi connectivity index (χ2n) is 7.52. The number of hydrogen-bond acceptors (Lipinski definition) is 6. The quantitative estimate of drug-likeness (QED) is 0.519. The number of rotatable bonds is 6. The van der Waals surface area contributed by atoms with E-state index in [9.17, 15) is 9.59 Å². The van der Waals surface area contributed by atoms with Gasteiger partial charge in [-0.3, -0.25) is 10.2 Å². The van der Waals surface area contributed by atoms with Crippen LogP contribution in [0.4, 0.5) is 4.79 Å². The van der Waals surface area contributed by atoms with Crippen molar-refractivity contribution in [1.29, 1.82) is 0 Å². The molecule has 0 fully saturated rings. The van der Waals surface area contributed by atoms with Crippen molar-refractivity contribution in [2.24, 2.45) is 0 Å². The van der Waals surface area contributed by atoms with Crippen molar-refractivity contribution in [3.05, 3.63) is 70.1 Å². The third-order valence-corrected chi connectivity index (χ3v) is 5.24. The van der Waals surface area contributed by atoms with Gasteiger partial charge in [0.15, 0.2) is 5.76 Å². The molecule has 0 aliphatic rings. The number of carbonyl (C=O) groups is 2. The third kappa shape index (κ3) is 6.08. The Kier molecular flexibility index (Phi) is 6.73. The fourth-order valence-corrected chi connectivity index (χ4v) is 3.28. The Hall–Kier alpha value is -3.33. The average molecular weight is 429 g/mol. The summed E-state index contributed by atoms with van der Waals surface area (Å²) in [4.78, 5) is 28.5. The van der Waals surface area contributed by atoms with E-state index in [1.165, 1.54) is 6.07 Å². The Morgan fingerprint density at radius 1 is 1.10 bits per heavy atom. The number of aromatic nitrogens is 1. The standard InChI is InChI=1S/C21H24N4O4S/c1-21(2,3)19-23-14(13-30-19)11-22-20(27)25-24-18(26)17-10-9-16(29-17)12-28-15-7-5-4-6-8-15/h4-10,13H,11-12H2,1-3H3,(H,24,26)(H2,22,25,27). The van der Waals surface area contributed by atoms with E-state index in [1.54, 1.807) is 17.4 Å². The van der Waals surface area contributed by atoms with Gasteiger partial charge in [-0.15, -0.1) is 11.3 Å². The van der Waals surface area contributed by atoms with E-state index in [1.807, 2.05) is 35.7 Å². The molecule has 0 bridgehead atoms. The van der Waals surface area contributed by atoms with Crippen LogP contribution in [0.15, 0.2) is 52.3 Å². The maximum Gasteiger partial charge on any atom is 0.333 e. The Labute approximate surface area is 178 Å². The number of urea groups is 1. The number of nitrogens with zero attached hydrogens (tertiary/aromatic N) is 1. The molecule has 0 aliphatic heterocycles. The van der Waals surface area contributed by atoms with Crippen LogP contribution in [0.2, 0.25) is 0 Å². The number of hydrazine groups is 1. The molecule has 0 unspecified atom stereocenters. The Balaban J connectivity index is 1.41. The predicted octanol–water partition coefficient (Wildman–Crippen LogP) is 3.76. The highest BCUT2D eigenvalue weighted by molar-refractivity contribution is 7.09. The van der Waals surface area contributed by atoms with Crippen LogP contribution in [-0.2, 0) is 18.6 Å². The summed E-state index contributed by atoms with van der Waals surface area (Å²) in [7, 11) is 0. The number of thiazole rings is 1. The van der Waals surface area contributed by atoms with E-state index in [0.29, 0.717) is 11.5 Å². The molecule has 158 valence electrons. The zero-order chi connectivity index (χ0) is 21.6. The van der Waals surface area contributed by atoms with Crippen molar-refractivity contribution in [2.75, 3.05) is 0 Å². The van der Waals surface area contributed by atoms with Gasteiger partial charge in [-0.1, -0.05) is 39.0 Å². The topological polar surface area (TPSA) is 105 Å². The van der Waals surface area contributed by atoms with Crippen LogP contribution in [0.3, 0.4) is 0 Å². The van der Waals surface area contributed by atoms with E-state index in [4.69, 9.17) is 9.15 Å². The van der Waals surface area contributed by atoms with Crippen molar-refractivity contribution in [1.82, 2.24) is 21.2 Å². The van der Waals surface area contributed by atoms with Gasteiger partial charge < -0.3 is 14.5 Å². The number of para-hydroxylation sites is 1. The SMILES string of the molecule is CC(C)(C)c1nc(CNC(=O)NNC(=O)c2ccc(COc3ccccc3)o2)cs1. The first-order valence-corrected chi connectivity index (χ1v) is 10.2. The van der Waals surface area contributed by atoms with Gasteiger partial charge in [-0.25, -0.2) is 15.2 Å². The minimum Gasteiger partial charge on any atom is -0.486 e. The van der Waals surface area contributed by atoms with Gasteiger partial charge in [0.1, 0.15) is 18.1 Å². The molecule has 2 aromatic heterocycles. The molecule has 30 heavy (non-hydrogen) atoms. The third-order valence-electron chi connectivity index (χ3n) is 3.92. The number of furan rings is 1. The summed E-state index contributed by atoms with van der Waals surface area (Å²) in [6, 6.07) is 11.9. The van der Waals surface area contributed by atoms with E-state index < -0.39 is 11.9 Å². The van der Waals surface area contributed by atoms with E-state index in [0.717, 1.165) is 10.7 Å². The molecule has 2 heterocycles. The van der Waals surface area contributed by atoms with Gasteiger partial charge >= 0.3 is 11.9 Å². The van der Waals surface area contributed by atoms with Crippen molar-refractivity contribution < 1.29 is 18.7 Å². The molecule has 3 amide bonds. The van der Waals surface area contributed by atoms with Gasteiger partial charge in [0.05, 0.1) is 17.2 Å². The summed E-state index contributed by atoms with van der Waals surface area (Å²) in [5.41, 5.74) is 5.32. The number of carbonyl (C=O) groups excluding carboxylic acids is 2. The highest BCUT2D eigenvalue weighted by atomic mass is 32.1. The second kappa shape index (κ2) is 9.45. The first-order chi connectivity index (χ1) is 14.3. The number of ether oxygens (including phenoxy) is 1. The summed E-state index contributed by atoms with van der Waals surface area (Å²) in [5.74, 6) is 0.690. The van der Waals surface area contributed by atoms with Gasteiger partial charge in [-0.2, -0.15) is 0 Å². The van der Waals surface area contributed by atoms with Gasteiger partial charge in [0.25, 0.3) is 0 Å². The van der Waals surface area contributed by atoms with Crippen molar-refractivity contribution >= 4 is 23.3 Å². The van der Waals surface area contributed by atoms with E-state index in [2.05, 4.69) is 41.9 Å². The maximum atomic E-state index is 12.1. The van der Waals surface area contributed by atoms with E-state index >= 15 is 0 Å². The summed E-state index contributed by atoms with van der Waals surface area (Å²) < 4.78 is 11.0. The molecule has 3 aromatic rings. The maximum absolute atomic E-state index is 12.1. The summed E-state index contributed by atoms with van der Waals surface area (Å²) in [6.45, 7) is 6.70. The lowest BCUT2D eigenvalue weighted by atomic mass is 9.98. The molecule has 3 N–H and O–H groups in total. The van der Waals surface area contributed by atoms with E-state index in [-0.39, 0.29) is 24.3 Å². The zero-order valence-corrected chi connectivity index (χ0v) is 17.8. The monoisotopic (exact) mass is 428 g/mol. The van der Waals surface area contributed by atoms with Crippen molar-refractivity contribution in [2.45, 2.75) is 39.3 Å². The minimum absolute atomic E-state index is 0.0345. The van der Waals surface area contributed by atoms with Gasteiger partial charge in [0.2, 0.25) is 0 Å². The molecule has 3 rings (SSSR count). The fourth-order valence-electron chi connectivity index (χ4n) is 2.37. The van der Waals surface area contributed by atoms with Crippen LogP contribution in [0.5, 0.6) is 5.75 Å². The average Bonchev–Trinajstić information content (AvgIpc) is 3.39. The largest absolute Gasteiger partial charge is 0.486 e. The highest BCUT2D eigenvalue weighted by Crippen LogP contribution is 2.25. The first-order valence-electron chi connectivity index (χ1n) is 9.37. The molecule has 0 atom stereocenters. The summed E-state index contributed by atoms with van der Waals surface area (Å²) >= 11 is 1.55. The predicted molar refractivity (Wildman–Crippen MR) is 113 cm³/mol. The number of amides is 3. The van der Waals surface area contributed by atoms with Gasteiger partial charge in [0, 0.05) is 10.8 Å². The molecule has 8 nitrogen and oxygen atoms in total. The normalized spacial score (nSPS) is 11.0. The molecule has 9 heteroatoms. The summed E-state index contributed by atoms with van der Waals surface area (Å²) in [6.07, 6.45) is 0. The van der Waals surface area contributed by atoms with Crippen LogP contribution in [0.1, 0.15) is 47.8 Å². The molecule has 0 radical (unpaired) electrons. The molecular formula is C21H24N4O4S. The molecule has 1 aromatic carbocycles. The lowest BCUT2D eigenvalue weighted by Gasteiger charge is -2.13.